The van der Waals surface area contributed by atoms with E-state index in [2.05, 4.69) is 11.8 Å². The SMILES string of the molecule is CC1C(C(=O)NO)N(S(=O)(=O)c2ccc(OCC#CC(C)(C)C)cc2)CCN1S(C)(=O)=O. The molecule has 0 saturated carbocycles. The van der Waals surface area contributed by atoms with Crippen molar-refractivity contribution in [1.29, 1.82) is 0 Å². The molecular formula is C20H29N3O7S2. The van der Waals surface area contributed by atoms with Crippen molar-refractivity contribution in [1.82, 2.24) is 14.1 Å². The van der Waals surface area contributed by atoms with Crippen LogP contribution in [0.15, 0.2) is 29.2 Å². The summed E-state index contributed by atoms with van der Waals surface area (Å²) in [6, 6.07) is 3.15. The summed E-state index contributed by atoms with van der Waals surface area (Å²) in [6.07, 6.45) is 0.978. The zero-order valence-corrected chi connectivity index (χ0v) is 20.3. The molecule has 1 heterocycles. The standard InChI is InChI=1S/C20H29N3O7S2/c1-15-18(19(24)21-25)23(13-12-22(15)31(5,26)27)32(28,29)17-9-7-16(8-10-17)30-14-6-11-20(2,3)4/h7-10,15,18,25H,12-14H2,1-5H3,(H,21,24). The van der Waals surface area contributed by atoms with Gasteiger partial charge in [-0.05, 0) is 52.0 Å². The number of benzene rings is 1. The van der Waals surface area contributed by atoms with Gasteiger partial charge in [0.15, 0.2) is 0 Å². The number of hydroxylamine groups is 1. The Morgan fingerprint density at radius 2 is 1.72 bits per heavy atom. The summed E-state index contributed by atoms with van der Waals surface area (Å²) < 4.78 is 58.0. The third-order valence-corrected chi connectivity index (χ3v) is 8.03. The van der Waals surface area contributed by atoms with E-state index >= 15 is 0 Å². The van der Waals surface area contributed by atoms with E-state index in [9.17, 15) is 21.6 Å². The molecule has 1 fully saturated rings. The molecule has 2 unspecified atom stereocenters. The molecule has 0 aliphatic carbocycles. The average molecular weight is 488 g/mol. The van der Waals surface area contributed by atoms with Crippen molar-refractivity contribution >= 4 is 26.0 Å². The van der Waals surface area contributed by atoms with Crippen molar-refractivity contribution in [3.63, 3.8) is 0 Å². The number of piperazine rings is 1. The normalized spacial score (nSPS) is 20.8. The molecule has 0 bridgehead atoms. The van der Waals surface area contributed by atoms with Crippen LogP contribution in [-0.2, 0) is 24.8 Å². The second kappa shape index (κ2) is 9.76. The van der Waals surface area contributed by atoms with Gasteiger partial charge in [-0.25, -0.2) is 22.3 Å². The maximum atomic E-state index is 13.2. The maximum Gasteiger partial charge on any atom is 0.263 e. The van der Waals surface area contributed by atoms with E-state index in [1.807, 2.05) is 20.8 Å². The quantitative estimate of drug-likeness (QED) is 0.342. The van der Waals surface area contributed by atoms with Crippen molar-refractivity contribution in [2.75, 3.05) is 26.0 Å². The van der Waals surface area contributed by atoms with E-state index in [1.54, 1.807) is 0 Å². The summed E-state index contributed by atoms with van der Waals surface area (Å²) in [5, 5.41) is 9.12. The summed E-state index contributed by atoms with van der Waals surface area (Å²) >= 11 is 0. The largest absolute Gasteiger partial charge is 0.481 e. The topological polar surface area (TPSA) is 133 Å². The molecule has 0 radical (unpaired) electrons. The smallest absolute Gasteiger partial charge is 0.263 e. The highest BCUT2D eigenvalue weighted by atomic mass is 32.2. The summed E-state index contributed by atoms with van der Waals surface area (Å²) in [5.41, 5.74) is 1.28. The molecule has 10 nitrogen and oxygen atoms in total. The van der Waals surface area contributed by atoms with E-state index in [1.165, 1.54) is 36.7 Å². The van der Waals surface area contributed by atoms with E-state index in [-0.39, 0.29) is 30.0 Å². The third kappa shape index (κ3) is 6.20. The number of sulfonamides is 2. The Bertz CT molecular complexity index is 1100. The van der Waals surface area contributed by atoms with E-state index in [0.29, 0.717) is 5.75 Å². The Labute approximate surface area is 189 Å². The van der Waals surface area contributed by atoms with Crippen LogP contribution in [-0.4, -0.2) is 74.6 Å². The zero-order valence-electron chi connectivity index (χ0n) is 18.7. The number of hydrogen-bond acceptors (Lipinski definition) is 7. The summed E-state index contributed by atoms with van der Waals surface area (Å²) in [5.74, 6) is 5.32. The zero-order chi connectivity index (χ0) is 24.3. The third-order valence-electron chi connectivity index (χ3n) is 4.77. The molecule has 12 heteroatoms. The minimum absolute atomic E-state index is 0.0960. The molecule has 32 heavy (non-hydrogen) atoms. The molecule has 2 N–H and O–H groups in total. The van der Waals surface area contributed by atoms with Gasteiger partial charge < -0.3 is 4.74 Å². The van der Waals surface area contributed by atoms with Crippen molar-refractivity contribution in [3.05, 3.63) is 24.3 Å². The van der Waals surface area contributed by atoms with Crippen LogP contribution in [0.4, 0.5) is 0 Å². The fraction of sp³-hybridized carbons (Fsp3) is 0.550. The van der Waals surface area contributed by atoms with Gasteiger partial charge in [-0.15, -0.1) is 0 Å². The maximum absolute atomic E-state index is 13.2. The molecule has 0 spiro atoms. The van der Waals surface area contributed by atoms with Crippen LogP contribution in [0, 0.1) is 17.3 Å². The first-order chi connectivity index (χ1) is 14.7. The van der Waals surface area contributed by atoms with Gasteiger partial charge in [0.25, 0.3) is 5.91 Å². The molecule has 1 aliphatic heterocycles. The Balaban J connectivity index is 2.27. The molecule has 1 aromatic carbocycles. The number of carbonyl (C=O) groups is 1. The first kappa shape index (κ1) is 26.1. The number of rotatable bonds is 6. The van der Waals surface area contributed by atoms with Crippen molar-refractivity contribution in [3.8, 4) is 17.6 Å². The Kier molecular flexibility index (Phi) is 7.96. The number of carbonyl (C=O) groups excluding carboxylic acids is 1. The fourth-order valence-electron chi connectivity index (χ4n) is 3.36. The van der Waals surface area contributed by atoms with E-state index in [0.717, 1.165) is 14.9 Å². The molecule has 0 aromatic heterocycles. The lowest BCUT2D eigenvalue weighted by molar-refractivity contribution is -0.135. The van der Waals surface area contributed by atoms with Crippen LogP contribution < -0.4 is 10.2 Å². The monoisotopic (exact) mass is 487 g/mol. The van der Waals surface area contributed by atoms with Gasteiger partial charge in [-0.1, -0.05) is 11.8 Å². The lowest BCUT2D eigenvalue weighted by atomic mass is 9.98. The Hall–Kier alpha value is -2.17. The van der Waals surface area contributed by atoms with Gasteiger partial charge >= 0.3 is 0 Å². The van der Waals surface area contributed by atoms with Gasteiger partial charge in [0, 0.05) is 24.5 Å². The van der Waals surface area contributed by atoms with Gasteiger partial charge in [0.2, 0.25) is 20.0 Å². The van der Waals surface area contributed by atoms with Crippen LogP contribution in [0.25, 0.3) is 0 Å². The molecule has 178 valence electrons. The summed E-state index contributed by atoms with van der Waals surface area (Å²) in [4.78, 5) is 12.2. The van der Waals surface area contributed by atoms with Crippen LogP contribution in [0.2, 0.25) is 0 Å². The van der Waals surface area contributed by atoms with Crippen LogP contribution in [0.3, 0.4) is 0 Å². The van der Waals surface area contributed by atoms with Crippen molar-refractivity contribution < 1.29 is 31.6 Å². The number of hydrogen-bond donors (Lipinski definition) is 2. The second-order valence-corrected chi connectivity index (χ2v) is 12.3. The van der Waals surface area contributed by atoms with Crippen LogP contribution in [0.1, 0.15) is 27.7 Å². The summed E-state index contributed by atoms with van der Waals surface area (Å²) in [6.45, 7) is 7.10. The Morgan fingerprint density at radius 1 is 1.16 bits per heavy atom. The molecule has 2 rings (SSSR count). The fourth-order valence-corrected chi connectivity index (χ4v) is 6.13. The number of nitrogens with zero attached hydrogens (tertiary/aromatic N) is 2. The van der Waals surface area contributed by atoms with E-state index in [4.69, 9.17) is 9.94 Å². The predicted octanol–water partition coefficient (Wildman–Crippen LogP) is 0.643. The molecule has 1 aromatic rings. The second-order valence-electron chi connectivity index (χ2n) is 8.46. The molecule has 2 atom stereocenters. The minimum atomic E-state index is -4.17. The number of amides is 1. The molecular weight excluding hydrogens is 458 g/mol. The van der Waals surface area contributed by atoms with Gasteiger partial charge in [-0.2, -0.15) is 8.61 Å². The van der Waals surface area contributed by atoms with Crippen molar-refractivity contribution in [2.45, 2.75) is 44.7 Å². The van der Waals surface area contributed by atoms with Gasteiger partial charge in [-0.3, -0.25) is 10.0 Å². The average Bonchev–Trinajstić information content (AvgIpc) is 2.69. The van der Waals surface area contributed by atoms with Gasteiger partial charge in [0.1, 0.15) is 18.4 Å². The molecule has 1 aliphatic rings. The minimum Gasteiger partial charge on any atom is -0.481 e. The highest BCUT2D eigenvalue weighted by Gasteiger charge is 2.47. The first-order valence-corrected chi connectivity index (χ1v) is 13.1. The number of ether oxygens (including phenoxy) is 1. The predicted molar refractivity (Wildman–Crippen MR) is 118 cm³/mol. The van der Waals surface area contributed by atoms with Crippen LogP contribution >= 0.6 is 0 Å². The lowest BCUT2D eigenvalue weighted by Crippen LogP contribution is -2.65. The molecule has 1 saturated heterocycles. The van der Waals surface area contributed by atoms with Crippen molar-refractivity contribution in [2.24, 2.45) is 5.41 Å². The Morgan fingerprint density at radius 3 is 2.22 bits per heavy atom. The van der Waals surface area contributed by atoms with Gasteiger partial charge in [0.05, 0.1) is 11.2 Å². The summed E-state index contributed by atoms with van der Waals surface area (Å²) in [7, 11) is -7.86. The lowest BCUT2D eigenvalue weighted by Gasteiger charge is -2.42. The number of nitrogens with one attached hydrogen (secondary N) is 1. The molecule has 1 amide bonds. The van der Waals surface area contributed by atoms with Crippen LogP contribution in [0.5, 0.6) is 5.75 Å². The highest BCUT2D eigenvalue weighted by molar-refractivity contribution is 7.89. The first-order valence-electron chi connectivity index (χ1n) is 9.84. The highest BCUT2D eigenvalue weighted by Crippen LogP contribution is 2.27. The van der Waals surface area contributed by atoms with E-state index < -0.39 is 38.0 Å².